The molecule has 0 aliphatic heterocycles. The number of halogens is 1. The summed E-state index contributed by atoms with van der Waals surface area (Å²) in [4.78, 5) is 11.3. The summed E-state index contributed by atoms with van der Waals surface area (Å²) in [5.74, 6) is -0.634. The van der Waals surface area contributed by atoms with Gasteiger partial charge in [-0.25, -0.2) is 8.42 Å². The Morgan fingerprint density at radius 3 is 2.12 bits per heavy atom. The minimum absolute atomic E-state index is 0.0283. The van der Waals surface area contributed by atoms with Gasteiger partial charge >= 0.3 is 5.97 Å². The lowest BCUT2D eigenvalue weighted by Crippen LogP contribution is -2.41. The lowest BCUT2D eigenvalue weighted by molar-refractivity contribution is -0.139. The minimum Gasteiger partial charge on any atom is -0.480 e. The van der Waals surface area contributed by atoms with Crippen LogP contribution in [0, 0.1) is 0 Å². The number of hydrogen-bond acceptors (Lipinski definition) is 4. The fourth-order valence-corrected chi connectivity index (χ4v) is 4.01. The average molecular weight is 400 g/mol. The summed E-state index contributed by atoms with van der Waals surface area (Å²) in [5, 5.41) is 9.80. The Hall–Kier alpha value is -1.54. The number of carbonyl (C=O) groups is 1. The molecule has 0 radical (unpaired) electrons. The molecule has 0 bridgehead atoms. The Balaban J connectivity index is 2.19. The van der Waals surface area contributed by atoms with Crippen molar-refractivity contribution in [2.45, 2.75) is 17.4 Å². The summed E-state index contributed by atoms with van der Waals surface area (Å²) in [7, 11) is -3.90. The molecule has 2 aromatic carbocycles. The van der Waals surface area contributed by atoms with Gasteiger partial charge < -0.3 is 5.11 Å². The second kappa shape index (κ2) is 8.71. The van der Waals surface area contributed by atoms with Gasteiger partial charge in [-0.2, -0.15) is 16.5 Å². The van der Waals surface area contributed by atoms with E-state index in [1.54, 1.807) is 24.3 Å². The molecule has 0 saturated carbocycles. The van der Waals surface area contributed by atoms with Gasteiger partial charge in [-0.05, 0) is 53.8 Å². The van der Waals surface area contributed by atoms with Crippen molar-refractivity contribution in [3.8, 4) is 11.1 Å². The average Bonchev–Trinajstić information content (AvgIpc) is 2.59. The van der Waals surface area contributed by atoms with Crippen LogP contribution in [-0.4, -0.2) is 37.5 Å². The van der Waals surface area contributed by atoms with Crippen LogP contribution in [0.15, 0.2) is 53.4 Å². The highest BCUT2D eigenvalue weighted by Gasteiger charge is 2.24. The summed E-state index contributed by atoms with van der Waals surface area (Å²) in [6.45, 7) is 0. The predicted molar refractivity (Wildman–Crippen MR) is 102 cm³/mol. The second-order valence-corrected chi connectivity index (χ2v) is 8.46. The van der Waals surface area contributed by atoms with Crippen LogP contribution in [0.5, 0.6) is 0 Å². The largest absolute Gasteiger partial charge is 0.480 e. The zero-order chi connectivity index (χ0) is 18.4. The van der Waals surface area contributed by atoms with Gasteiger partial charge in [0.05, 0.1) is 4.90 Å². The first kappa shape index (κ1) is 19.8. The maximum atomic E-state index is 12.4. The molecule has 0 aromatic heterocycles. The van der Waals surface area contributed by atoms with Crippen LogP contribution in [0.25, 0.3) is 11.1 Å². The van der Waals surface area contributed by atoms with E-state index in [9.17, 15) is 18.3 Å². The molecule has 2 aromatic rings. The van der Waals surface area contributed by atoms with E-state index in [2.05, 4.69) is 4.72 Å². The van der Waals surface area contributed by atoms with E-state index >= 15 is 0 Å². The highest BCUT2D eigenvalue weighted by Crippen LogP contribution is 2.23. The number of nitrogens with one attached hydrogen (secondary N) is 1. The fourth-order valence-electron chi connectivity index (χ4n) is 2.19. The molecule has 0 fully saturated rings. The number of hydrogen-bond donors (Lipinski definition) is 2. The third kappa shape index (κ3) is 5.47. The van der Waals surface area contributed by atoms with Crippen LogP contribution >= 0.6 is 23.4 Å². The van der Waals surface area contributed by atoms with Crippen LogP contribution in [-0.2, 0) is 14.8 Å². The molecule has 2 rings (SSSR count). The number of benzene rings is 2. The first-order valence-electron chi connectivity index (χ1n) is 7.43. The van der Waals surface area contributed by atoms with Gasteiger partial charge in [0.1, 0.15) is 6.04 Å². The fraction of sp³-hybridized carbons (Fsp3) is 0.235. The highest BCUT2D eigenvalue weighted by molar-refractivity contribution is 7.98. The molecule has 0 amide bonds. The van der Waals surface area contributed by atoms with Crippen molar-refractivity contribution in [1.29, 1.82) is 0 Å². The SMILES string of the molecule is CSCC[C@H](NS(=O)(=O)c1ccc(-c2ccc(Cl)cc2)cc1)C(=O)O. The standard InChI is InChI=1S/C17H18ClNO4S2/c1-24-11-10-16(17(20)21)19-25(22,23)15-8-4-13(5-9-15)12-2-6-14(18)7-3-12/h2-9,16,19H,10-11H2,1H3,(H,20,21)/t16-/m0/s1. The maximum Gasteiger partial charge on any atom is 0.321 e. The molecular formula is C17H18ClNO4S2. The molecule has 5 nitrogen and oxygen atoms in total. The third-order valence-corrected chi connectivity index (χ3v) is 5.93. The van der Waals surface area contributed by atoms with E-state index in [-0.39, 0.29) is 11.3 Å². The molecule has 0 heterocycles. The van der Waals surface area contributed by atoms with Crippen molar-refractivity contribution in [3.63, 3.8) is 0 Å². The smallest absolute Gasteiger partial charge is 0.321 e. The van der Waals surface area contributed by atoms with Gasteiger partial charge in [-0.3, -0.25) is 4.79 Å². The minimum atomic E-state index is -3.90. The van der Waals surface area contributed by atoms with Gasteiger partial charge in [-0.1, -0.05) is 35.9 Å². The zero-order valence-electron chi connectivity index (χ0n) is 13.5. The molecule has 0 aliphatic carbocycles. The summed E-state index contributed by atoms with van der Waals surface area (Å²) in [6.07, 6.45) is 2.06. The lowest BCUT2D eigenvalue weighted by atomic mass is 10.1. The molecule has 2 N–H and O–H groups in total. The lowest BCUT2D eigenvalue weighted by Gasteiger charge is -2.14. The Morgan fingerprint density at radius 2 is 1.64 bits per heavy atom. The number of carboxylic acid groups (broad SMARTS) is 1. The normalized spacial score (nSPS) is 12.7. The van der Waals surface area contributed by atoms with Crippen molar-refractivity contribution in [3.05, 3.63) is 53.6 Å². The predicted octanol–water partition coefficient (Wildman–Crippen LogP) is 3.49. The Labute approximate surface area is 156 Å². The number of sulfonamides is 1. The van der Waals surface area contributed by atoms with Crippen molar-refractivity contribution >= 4 is 39.4 Å². The van der Waals surface area contributed by atoms with Gasteiger partial charge in [0.25, 0.3) is 0 Å². The molecule has 0 aliphatic rings. The van der Waals surface area contributed by atoms with Crippen molar-refractivity contribution in [1.82, 2.24) is 4.72 Å². The molecular weight excluding hydrogens is 382 g/mol. The maximum absolute atomic E-state index is 12.4. The van der Waals surface area contributed by atoms with E-state index in [1.807, 2.05) is 18.4 Å². The van der Waals surface area contributed by atoms with Crippen LogP contribution in [0.3, 0.4) is 0 Å². The second-order valence-electron chi connectivity index (χ2n) is 5.32. The summed E-state index contributed by atoms with van der Waals surface area (Å²) >= 11 is 7.32. The highest BCUT2D eigenvalue weighted by atomic mass is 35.5. The number of rotatable bonds is 8. The molecule has 0 unspecified atom stereocenters. The third-order valence-electron chi connectivity index (χ3n) is 3.55. The van der Waals surface area contributed by atoms with E-state index in [4.69, 9.17) is 11.6 Å². The van der Waals surface area contributed by atoms with E-state index in [0.29, 0.717) is 10.8 Å². The number of aliphatic carboxylic acids is 1. The Morgan fingerprint density at radius 1 is 1.12 bits per heavy atom. The van der Waals surface area contributed by atoms with Crippen LogP contribution in [0.1, 0.15) is 6.42 Å². The van der Waals surface area contributed by atoms with Crippen molar-refractivity contribution < 1.29 is 18.3 Å². The Kier molecular flexibility index (Phi) is 6.89. The molecule has 25 heavy (non-hydrogen) atoms. The van der Waals surface area contributed by atoms with E-state index in [0.717, 1.165) is 11.1 Å². The summed E-state index contributed by atoms with van der Waals surface area (Å²) in [5.41, 5.74) is 1.75. The molecule has 0 spiro atoms. The Bertz CT molecular complexity index is 821. The molecule has 8 heteroatoms. The van der Waals surface area contributed by atoms with Gasteiger partial charge in [0.2, 0.25) is 10.0 Å². The summed E-state index contributed by atoms with van der Waals surface area (Å²) in [6, 6.07) is 12.3. The van der Waals surface area contributed by atoms with E-state index in [1.165, 1.54) is 23.9 Å². The monoisotopic (exact) mass is 399 g/mol. The van der Waals surface area contributed by atoms with Crippen LogP contribution in [0.2, 0.25) is 5.02 Å². The summed E-state index contributed by atoms with van der Waals surface area (Å²) < 4.78 is 27.1. The van der Waals surface area contributed by atoms with Crippen molar-refractivity contribution in [2.75, 3.05) is 12.0 Å². The first-order valence-corrected chi connectivity index (χ1v) is 10.7. The van der Waals surface area contributed by atoms with Gasteiger partial charge in [0.15, 0.2) is 0 Å². The van der Waals surface area contributed by atoms with Gasteiger partial charge in [-0.15, -0.1) is 0 Å². The van der Waals surface area contributed by atoms with Crippen molar-refractivity contribution in [2.24, 2.45) is 0 Å². The zero-order valence-corrected chi connectivity index (χ0v) is 15.9. The number of carboxylic acids is 1. The molecule has 1 atom stereocenters. The number of thioether (sulfide) groups is 1. The van der Waals surface area contributed by atoms with Gasteiger partial charge in [0, 0.05) is 5.02 Å². The van der Waals surface area contributed by atoms with Crippen LogP contribution in [0.4, 0.5) is 0 Å². The van der Waals surface area contributed by atoms with E-state index < -0.39 is 22.0 Å². The first-order chi connectivity index (χ1) is 11.8. The molecule has 0 saturated heterocycles. The quantitative estimate of drug-likeness (QED) is 0.709. The molecule has 134 valence electrons. The topological polar surface area (TPSA) is 83.5 Å². The van der Waals surface area contributed by atoms with Crippen LogP contribution < -0.4 is 4.72 Å².